The quantitative estimate of drug-likeness (QED) is 0.379. The summed E-state index contributed by atoms with van der Waals surface area (Å²) in [6.07, 6.45) is 4.45. The Balaban J connectivity index is 3.47. The molecule has 0 heterocycles. The Labute approximate surface area is 125 Å². The average molecular weight is 302 g/mol. The maximum atomic E-state index is 11.4. The number of carboxylic acid groups (broad SMARTS) is 1. The maximum Gasteiger partial charge on any atom is 0.314 e. The number of hydrogen-bond acceptors (Lipinski definition) is 5. The number of ether oxygens (including phenoxy) is 2. The van der Waals surface area contributed by atoms with E-state index in [9.17, 15) is 14.4 Å². The molecule has 0 spiro atoms. The summed E-state index contributed by atoms with van der Waals surface area (Å²) in [4.78, 5) is 33.1. The number of hydrogen-bond donors (Lipinski definition) is 1. The van der Waals surface area contributed by atoms with E-state index in [1.807, 2.05) is 0 Å². The number of unbranched alkanes of at least 4 members (excludes halogenated alkanes) is 4. The lowest BCUT2D eigenvalue weighted by molar-refractivity contribution is -0.173. The van der Waals surface area contributed by atoms with E-state index >= 15 is 0 Å². The van der Waals surface area contributed by atoms with Crippen LogP contribution in [0.3, 0.4) is 0 Å². The van der Waals surface area contributed by atoms with Gasteiger partial charge in [0.05, 0.1) is 5.41 Å². The Hall–Kier alpha value is -1.59. The molecule has 0 fully saturated rings. The zero-order valence-electron chi connectivity index (χ0n) is 13.1. The van der Waals surface area contributed by atoms with Gasteiger partial charge in [-0.2, -0.15) is 0 Å². The van der Waals surface area contributed by atoms with Crippen molar-refractivity contribution in [3.8, 4) is 0 Å². The summed E-state index contributed by atoms with van der Waals surface area (Å²) in [7, 11) is 0. The van der Waals surface area contributed by atoms with Gasteiger partial charge in [0.2, 0.25) is 6.79 Å². The SMILES string of the molecule is CC(C)(C)C(=O)OCOC(=O)CCCCCCCC(=O)O. The molecule has 0 unspecified atom stereocenters. The van der Waals surface area contributed by atoms with Crippen LogP contribution in [0.25, 0.3) is 0 Å². The second-order valence-electron chi connectivity index (χ2n) is 5.98. The number of esters is 2. The van der Waals surface area contributed by atoms with Gasteiger partial charge in [-0.3, -0.25) is 14.4 Å². The molecule has 6 nitrogen and oxygen atoms in total. The highest BCUT2D eigenvalue weighted by Gasteiger charge is 2.23. The molecule has 0 aliphatic rings. The number of rotatable bonds is 10. The van der Waals surface area contributed by atoms with E-state index in [0.29, 0.717) is 12.8 Å². The fraction of sp³-hybridized carbons (Fsp3) is 0.800. The van der Waals surface area contributed by atoms with Gasteiger partial charge in [0.1, 0.15) is 0 Å². The molecular formula is C15H26O6. The first-order valence-electron chi connectivity index (χ1n) is 7.28. The van der Waals surface area contributed by atoms with Crippen molar-refractivity contribution in [1.29, 1.82) is 0 Å². The molecule has 0 bridgehead atoms. The molecule has 0 rings (SSSR count). The normalized spacial score (nSPS) is 11.0. The maximum absolute atomic E-state index is 11.4. The Morgan fingerprint density at radius 2 is 1.38 bits per heavy atom. The molecule has 0 atom stereocenters. The largest absolute Gasteiger partial charge is 0.481 e. The van der Waals surface area contributed by atoms with Crippen molar-refractivity contribution in [2.45, 2.75) is 65.7 Å². The van der Waals surface area contributed by atoms with Crippen LogP contribution in [0.5, 0.6) is 0 Å². The van der Waals surface area contributed by atoms with Crippen molar-refractivity contribution >= 4 is 17.9 Å². The summed E-state index contributed by atoms with van der Waals surface area (Å²) in [5.41, 5.74) is -0.609. The molecule has 1 N–H and O–H groups in total. The molecule has 0 amide bonds. The lowest BCUT2D eigenvalue weighted by Crippen LogP contribution is -2.24. The predicted octanol–water partition coefficient (Wildman–Crippen LogP) is 2.89. The van der Waals surface area contributed by atoms with Crippen LogP contribution in [0.1, 0.15) is 65.7 Å². The van der Waals surface area contributed by atoms with Crippen LogP contribution in [0.4, 0.5) is 0 Å². The topological polar surface area (TPSA) is 89.9 Å². The van der Waals surface area contributed by atoms with Crippen LogP contribution in [0.15, 0.2) is 0 Å². The summed E-state index contributed by atoms with van der Waals surface area (Å²) >= 11 is 0. The minimum absolute atomic E-state index is 0.196. The van der Waals surface area contributed by atoms with Gasteiger partial charge in [0.15, 0.2) is 0 Å². The van der Waals surface area contributed by atoms with Gasteiger partial charge in [-0.1, -0.05) is 19.3 Å². The first kappa shape index (κ1) is 19.4. The standard InChI is InChI=1S/C15H26O6/c1-15(2,3)14(19)21-11-20-13(18)10-8-6-4-5-7-9-12(16)17/h4-11H2,1-3H3,(H,16,17). The van der Waals surface area contributed by atoms with E-state index in [1.54, 1.807) is 20.8 Å². The second-order valence-corrected chi connectivity index (χ2v) is 5.98. The first-order valence-corrected chi connectivity index (χ1v) is 7.28. The highest BCUT2D eigenvalue weighted by Crippen LogP contribution is 2.15. The summed E-state index contributed by atoms with van der Waals surface area (Å²) in [6.45, 7) is 4.83. The molecular weight excluding hydrogens is 276 g/mol. The predicted molar refractivity (Wildman–Crippen MR) is 76.5 cm³/mol. The molecule has 0 aromatic carbocycles. The number of carbonyl (C=O) groups excluding carboxylic acids is 2. The highest BCUT2D eigenvalue weighted by molar-refractivity contribution is 5.75. The average Bonchev–Trinajstić information content (AvgIpc) is 2.36. The summed E-state index contributed by atoms with van der Waals surface area (Å²) in [6, 6.07) is 0. The lowest BCUT2D eigenvalue weighted by Gasteiger charge is -2.16. The molecule has 21 heavy (non-hydrogen) atoms. The third-order valence-electron chi connectivity index (χ3n) is 2.79. The minimum atomic E-state index is -0.775. The zero-order valence-corrected chi connectivity index (χ0v) is 13.1. The molecule has 0 aromatic rings. The summed E-state index contributed by atoms with van der Waals surface area (Å²) < 4.78 is 9.63. The van der Waals surface area contributed by atoms with Gasteiger partial charge in [0.25, 0.3) is 0 Å². The van der Waals surface area contributed by atoms with Crippen LogP contribution in [-0.2, 0) is 23.9 Å². The number of carbonyl (C=O) groups is 3. The van der Waals surface area contributed by atoms with Crippen LogP contribution in [0, 0.1) is 5.41 Å². The second kappa shape index (κ2) is 10.2. The third kappa shape index (κ3) is 11.9. The third-order valence-corrected chi connectivity index (χ3v) is 2.79. The van der Waals surface area contributed by atoms with Crippen LogP contribution in [0.2, 0.25) is 0 Å². The first-order chi connectivity index (χ1) is 9.73. The number of carboxylic acids is 1. The van der Waals surface area contributed by atoms with E-state index < -0.39 is 17.4 Å². The van der Waals surface area contributed by atoms with Gasteiger partial charge in [0, 0.05) is 12.8 Å². The molecule has 0 aromatic heterocycles. The van der Waals surface area contributed by atoms with Crippen LogP contribution < -0.4 is 0 Å². The molecule has 0 aliphatic carbocycles. The lowest BCUT2D eigenvalue weighted by atomic mass is 9.98. The van der Waals surface area contributed by atoms with Crippen molar-refractivity contribution in [3.05, 3.63) is 0 Å². The van der Waals surface area contributed by atoms with Crippen molar-refractivity contribution in [2.24, 2.45) is 5.41 Å². The van der Waals surface area contributed by atoms with Gasteiger partial charge in [-0.15, -0.1) is 0 Å². The van der Waals surface area contributed by atoms with Gasteiger partial charge < -0.3 is 14.6 Å². The smallest absolute Gasteiger partial charge is 0.314 e. The Morgan fingerprint density at radius 3 is 1.90 bits per heavy atom. The van der Waals surface area contributed by atoms with E-state index in [1.165, 1.54) is 0 Å². The van der Waals surface area contributed by atoms with Crippen molar-refractivity contribution < 1.29 is 29.0 Å². The number of aliphatic carboxylic acids is 1. The summed E-state index contributed by atoms with van der Waals surface area (Å²) in [5.74, 6) is -1.57. The fourth-order valence-electron chi connectivity index (χ4n) is 1.51. The van der Waals surface area contributed by atoms with Gasteiger partial charge in [-0.05, 0) is 33.6 Å². The van der Waals surface area contributed by atoms with Gasteiger partial charge in [-0.25, -0.2) is 0 Å². The zero-order chi connectivity index (χ0) is 16.3. The van der Waals surface area contributed by atoms with Gasteiger partial charge >= 0.3 is 17.9 Å². The Morgan fingerprint density at radius 1 is 0.857 bits per heavy atom. The summed E-state index contributed by atoms with van der Waals surface area (Å²) in [5, 5.41) is 8.46. The van der Waals surface area contributed by atoms with E-state index in [-0.39, 0.29) is 25.6 Å². The van der Waals surface area contributed by atoms with E-state index in [0.717, 1.165) is 19.3 Å². The fourth-order valence-corrected chi connectivity index (χ4v) is 1.51. The molecule has 0 saturated heterocycles. The van der Waals surface area contributed by atoms with Crippen molar-refractivity contribution in [1.82, 2.24) is 0 Å². The minimum Gasteiger partial charge on any atom is -0.481 e. The monoisotopic (exact) mass is 302 g/mol. The molecule has 122 valence electrons. The molecule has 6 heteroatoms. The van der Waals surface area contributed by atoms with E-state index in [4.69, 9.17) is 14.6 Å². The van der Waals surface area contributed by atoms with Crippen LogP contribution >= 0.6 is 0 Å². The molecule has 0 aliphatic heterocycles. The van der Waals surface area contributed by atoms with Crippen molar-refractivity contribution in [2.75, 3.05) is 6.79 Å². The Bertz CT molecular complexity index is 343. The molecule has 0 saturated carbocycles. The Kier molecular flexibility index (Phi) is 9.41. The molecule has 0 radical (unpaired) electrons. The highest BCUT2D eigenvalue weighted by atomic mass is 16.7. The van der Waals surface area contributed by atoms with Crippen molar-refractivity contribution in [3.63, 3.8) is 0 Å². The van der Waals surface area contributed by atoms with E-state index in [2.05, 4.69) is 0 Å². The van der Waals surface area contributed by atoms with Crippen LogP contribution in [-0.4, -0.2) is 29.8 Å².